The molecule has 0 spiro atoms. The van der Waals surface area contributed by atoms with Gasteiger partial charge in [0.2, 0.25) is 0 Å². The molecule has 2 aromatic carbocycles. The van der Waals surface area contributed by atoms with Crippen molar-refractivity contribution < 1.29 is 23.4 Å². The minimum Gasteiger partial charge on any atom is -0.399 e. The molecule has 1 unspecified atom stereocenters. The van der Waals surface area contributed by atoms with Crippen LogP contribution in [0.5, 0.6) is 0 Å². The molecule has 2 rings (SSSR count). The van der Waals surface area contributed by atoms with E-state index in [0.29, 0.717) is 22.5 Å². The summed E-state index contributed by atoms with van der Waals surface area (Å²) in [5.74, 6) is 0. The van der Waals surface area contributed by atoms with Crippen molar-refractivity contribution in [2.45, 2.75) is 12.3 Å². The van der Waals surface area contributed by atoms with Crippen LogP contribution in [-0.4, -0.2) is 29.5 Å². The number of rotatable bonds is 5. The van der Waals surface area contributed by atoms with Crippen LogP contribution in [0.15, 0.2) is 42.5 Å². The summed E-state index contributed by atoms with van der Waals surface area (Å²) in [5.41, 5.74) is 6.75. The molecule has 124 valence electrons. The van der Waals surface area contributed by atoms with Crippen LogP contribution in [0.2, 0.25) is 0 Å². The number of aliphatic hydroxyl groups excluding tert-OH is 2. The average molecular weight is 326 g/mol. The number of hydrogen-bond acceptors (Lipinski definition) is 4. The Balaban J connectivity index is 2.40. The molecule has 0 heterocycles. The number of anilines is 2. The highest BCUT2D eigenvalue weighted by Gasteiger charge is 2.30. The lowest BCUT2D eigenvalue weighted by Crippen LogP contribution is -2.23. The zero-order valence-electron chi connectivity index (χ0n) is 12.1. The summed E-state index contributed by atoms with van der Waals surface area (Å²) in [6.07, 6.45) is -5.40. The molecule has 0 saturated carbocycles. The molecule has 0 saturated heterocycles. The number of aliphatic hydroxyl groups is 2. The Morgan fingerprint density at radius 2 is 1.87 bits per heavy atom. The summed E-state index contributed by atoms with van der Waals surface area (Å²) in [5, 5.41) is 21.1. The topological polar surface area (TPSA) is 78.5 Å². The first kappa shape index (κ1) is 17.1. The van der Waals surface area contributed by atoms with Crippen molar-refractivity contribution in [1.82, 2.24) is 0 Å². The standard InChI is InChI=1S/C16H17F3N2O2/c17-16(18,19)11-3-1-2-10(6-11)14-7-12(20)4-5-15(14)21-8-13(23)9-22/h1-7,13,21-23H,8-9,20H2. The number of halogens is 3. The van der Waals surface area contributed by atoms with E-state index in [9.17, 15) is 18.3 Å². The molecule has 2 aromatic rings. The Hall–Kier alpha value is -2.25. The van der Waals surface area contributed by atoms with Gasteiger partial charge in [0.25, 0.3) is 0 Å². The van der Waals surface area contributed by atoms with Gasteiger partial charge in [-0.2, -0.15) is 13.2 Å². The van der Waals surface area contributed by atoms with Crippen molar-refractivity contribution in [3.63, 3.8) is 0 Å². The summed E-state index contributed by atoms with van der Waals surface area (Å²) in [7, 11) is 0. The van der Waals surface area contributed by atoms with Gasteiger partial charge in [0.1, 0.15) is 0 Å². The first-order valence-electron chi connectivity index (χ1n) is 6.91. The molecule has 5 N–H and O–H groups in total. The number of nitrogens with two attached hydrogens (primary N) is 1. The zero-order valence-corrected chi connectivity index (χ0v) is 12.1. The van der Waals surface area contributed by atoms with Gasteiger partial charge in [-0.3, -0.25) is 0 Å². The minimum atomic E-state index is -4.43. The SMILES string of the molecule is Nc1ccc(NCC(O)CO)c(-c2cccc(C(F)(F)F)c2)c1. The van der Waals surface area contributed by atoms with Crippen molar-refractivity contribution in [1.29, 1.82) is 0 Å². The van der Waals surface area contributed by atoms with Gasteiger partial charge in [0.05, 0.1) is 18.3 Å². The molecule has 4 nitrogen and oxygen atoms in total. The van der Waals surface area contributed by atoms with Crippen molar-refractivity contribution >= 4 is 11.4 Å². The average Bonchev–Trinajstić information content (AvgIpc) is 2.52. The van der Waals surface area contributed by atoms with Gasteiger partial charge >= 0.3 is 6.18 Å². The third kappa shape index (κ3) is 4.37. The number of benzene rings is 2. The number of hydrogen-bond donors (Lipinski definition) is 4. The van der Waals surface area contributed by atoms with E-state index in [1.54, 1.807) is 24.3 Å². The maximum Gasteiger partial charge on any atom is 0.416 e. The van der Waals surface area contributed by atoms with E-state index in [2.05, 4.69) is 5.32 Å². The van der Waals surface area contributed by atoms with Crippen LogP contribution in [0.4, 0.5) is 24.5 Å². The zero-order chi connectivity index (χ0) is 17.0. The van der Waals surface area contributed by atoms with E-state index in [1.807, 2.05) is 0 Å². The Bertz CT molecular complexity index is 675. The van der Waals surface area contributed by atoms with Crippen LogP contribution in [0.3, 0.4) is 0 Å². The van der Waals surface area contributed by atoms with Gasteiger partial charge in [-0.15, -0.1) is 0 Å². The highest BCUT2D eigenvalue weighted by molar-refractivity contribution is 5.81. The second-order valence-corrected chi connectivity index (χ2v) is 5.10. The van der Waals surface area contributed by atoms with Gasteiger partial charge in [-0.25, -0.2) is 0 Å². The van der Waals surface area contributed by atoms with E-state index < -0.39 is 24.5 Å². The van der Waals surface area contributed by atoms with Gasteiger partial charge in [0.15, 0.2) is 0 Å². The summed E-state index contributed by atoms with van der Waals surface area (Å²) >= 11 is 0. The predicted molar refractivity (Wildman–Crippen MR) is 82.9 cm³/mol. The van der Waals surface area contributed by atoms with E-state index in [1.165, 1.54) is 6.07 Å². The molecule has 0 aliphatic heterocycles. The Morgan fingerprint density at radius 1 is 1.13 bits per heavy atom. The molecule has 0 aromatic heterocycles. The fraction of sp³-hybridized carbons (Fsp3) is 0.250. The molecule has 0 fully saturated rings. The molecule has 23 heavy (non-hydrogen) atoms. The van der Waals surface area contributed by atoms with Crippen molar-refractivity contribution in [2.24, 2.45) is 0 Å². The molecule has 0 aliphatic rings. The molecular formula is C16H17F3N2O2. The van der Waals surface area contributed by atoms with Crippen LogP contribution in [-0.2, 0) is 6.18 Å². The van der Waals surface area contributed by atoms with Gasteiger partial charge in [0, 0.05) is 23.5 Å². The fourth-order valence-electron chi connectivity index (χ4n) is 2.11. The van der Waals surface area contributed by atoms with E-state index >= 15 is 0 Å². The lowest BCUT2D eigenvalue weighted by atomic mass is 10.0. The molecule has 1 atom stereocenters. The van der Waals surface area contributed by atoms with Crippen LogP contribution in [0.25, 0.3) is 11.1 Å². The number of nitrogens with one attached hydrogen (secondary N) is 1. The van der Waals surface area contributed by atoms with Crippen LogP contribution >= 0.6 is 0 Å². The van der Waals surface area contributed by atoms with Gasteiger partial charge < -0.3 is 21.3 Å². The second-order valence-electron chi connectivity index (χ2n) is 5.10. The number of alkyl halides is 3. The molecule has 0 bridgehead atoms. The quantitative estimate of drug-likeness (QED) is 0.637. The second kappa shape index (κ2) is 6.89. The van der Waals surface area contributed by atoms with Gasteiger partial charge in [-0.05, 0) is 35.9 Å². The Kier molecular flexibility index (Phi) is 5.12. The molecule has 7 heteroatoms. The maximum atomic E-state index is 12.9. The molecule has 0 amide bonds. The Morgan fingerprint density at radius 3 is 2.52 bits per heavy atom. The maximum absolute atomic E-state index is 12.9. The van der Waals surface area contributed by atoms with E-state index in [0.717, 1.165) is 12.1 Å². The minimum absolute atomic E-state index is 0.0619. The highest BCUT2D eigenvalue weighted by atomic mass is 19.4. The molecule has 0 radical (unpaired) electrons. The largest absolute Gasteiger partial charge is 0.416 e. The van der Waals surface area contributed by atoms with E-state index in [4.69, 9.17) is 10.8 Å². The Labute approximate surface area is 131 Å². The van der Waals surface area contributed by atoms with E-state index in [-0.39, 0.29) is 6.54 Å². The summed E-state index contributed by atoms with van der Waals surface area (Å²) in [6.45, 7) is -0.354. The van der Waals surface area contributed by atoms with Crippen molar-refractivity contribution in [2.75, 3.05) is 24.2 Å². The number of nitrogen functional groups attached to an aromatic ring is 1. The van der Waals surface area contributed by atoms with Crippen molar-refractivity contribution in [3.05, 3.63) is 48.0 Å². The molecular weight excluding hydrogens is 309 g/mol. The summed E-state index contributed by atoms with van der Waals surface area (Å²) in [6, 6.07) is 9.70. The lowest BCUT2D eigenvalue weighted by molar-refractivity contribution is -0.137. The smallest absolute Gasteiger partial charge is 0.399 e. The third-order valence-electron chi connectivity index (χ3n) is 3.28. The fourth-order valence-corrected chi connectivity index (χ4v) is 2.11. The normalized spacial score (nSPS) is 12.9. The third-order valence-corrected chi connectivity index (χ3v) is 3.28. The molecule has 0 aliphatic carbocycles. The first-order valence-corrected chi connectivity index (χ1v) is 6.91. The lowest BCUT2D eigenvalue weighted by Gasteiger charge is -2.16. The predicted octanol–water partition coefficient (Wildman–Crippen LogP) is 2.72. The van der Waals surface area contributed by atoms with Crippen LogP contribution in [0.1, 0.15) is 5.56 Å². The monoisotopic (exact) mass is 326 g/mol. The van der Waals surface area contributed by atoms with Crippen LogP contribution in [0, 0.1) is 0 Å². The first-order chi connectivity index (χ1) is 10.8. The summed E-state index contributed by atoms with van der Waals surface area (Å²) < 4.78 is 38.6. The van der Waals surface area contributed by atoms with Crippen LogP contribution < -0.4 is 11.1 Å². The van der Waals surface area contributed by atoms with Gasteiger partial charge in [-0.1, -0.05) is 12.1 Å². The highest BCUT2D eigenvalue weighted by Crippen LogP contribution is 2.35. The summed E-state index contributed by atoms with van der Waals surface area (Å²) in [4.78, 5) is 0. The van der Waals surface area contributed by atoms with Crippen molar-refractivity contribution in [3.8, 4) is 11.1 Å².